The number of benzene rings is 1. The first-order valence-electron chi connectivity index (χ1n) is 5.48. The fourth-order valence-corrected chi connectivity index (χ4v) is 2.43. The molecule has 1 aromatic carbocycles. The van der Waals surface area contributed by atoms with Crippen LogP contribution in [0.15, 0.2) is 30.9 Å². The molecule has 0 aliphatic heterocycles. The van der Waals surface area contributed by atoms with Gasteiger partial charge in [-0.05, 0) is 24.6 Å². The maximum atomic E-state index is 11.6. The Balaban J connectivity index is 3.56. The molecule has 0 saturated carbocycles. The highest BCUT2D eigenvalue weighted by Crippen LogP contribution is 2.26. The second kappa shape index (κ2) is 5.81. The fourth-order valence-electron chi connectivity index (χ4n) is 1.68. The number of carbonyl (C=O) groups is 1. The van der Waals surface area contributed by atoms with Crippen LogP contribution < -0.4 is 5.32 Å². The predicted molar refractivity (Wildman–Crippen MR) is 75.1 cm³/mol. The van der Waals surface area contributed by atoms with Crippen LogP contribution in [0.2, 0.25) is 0 Å². The van der Waals surface area contributed by atoms with E-state index in [4.69, 9.17) is 0 Å². The highest BCUT2D eigenvalue weighted by molar-refractivity contribution is 7.95. The highest BCUT2D eigenvalue weighted by Gasteiger charge is 2.19. The average Bonchev–Trinajstić information content (AvgIpc) is 2.36. The van der Waals surface area contributed by atoms with E-state index in [-0.39, 0.29) is 16.4 Å². The summed E-state index contributed by atoms with van der Waals surface area (Å²) in [5.41, 5.74) is 1.05. The molecule has 1 rings (SSSR count). The third-order valence-electron chi connectivity index (χ3n) is 2.57. The number of hydrogen-bond donors (Lipinski definition) is 2. The molecule has 19 heavy (non-hydrogen) atoms. The molecule has 0 spiro atoms. The summed E-state index contributed by atoms with van der Waals surface area (Å²) in [4.78, 5) is 11.3. The van der Waals surface area contributed by atoms with Gasteiger partial charge in [0.2, 0.25) is 0 Å². The SMILES string of the molecule is C=Cc1ccc(C(=O)NC)cc1/C(=C\C)S(=O)(=O)O. The number of hydrogen-bond acceptors (Lipinski definition) is 3. The van der Waals surface area contributed by atoms with Crippen LogP contribution in [0.25, 0.3) is 11.0 Å². The van der Waals surface area contributed by atoms with Crippen molar-refractivity contribution in [3.05, 3.63) is 47.5 Å². The summed E-state index contributed by atoms with van der Waals surface area (Å²) < 4.78 is 31.9. The van der Waals surface area contributed by atoms with Gasteiger partial charge in [0.15, 0.2) is 0 Å². The van der Waals surface area contributed by atoms with Crippen molar-refractivity contribution in [2.24, 2.45) is 0 Å². The number of carbonyl (C=O) groups excluding carboxylic acids is 1. The lowest BCUT2D eigenvalue weighted by atomic mass is 10.0. The van der Waals surface area contributed by atoms with E-state index in [1.807, 2.05) is 0 Å². The largest absolute Gasteiger partial charge is 0.355 e. The van der Waals surface area contributed by atoms with Crippen LogP contribution in [0.4, 0.5) is 0 Å². The molecule has 0 saturated heterocycles. The van der Waals surface area contributed by atoms with E-state index in [0.29, 0.717) is 11.1 Å². The van der Waals surface area contributed by atoms with Crippen LogP contribution in [0.3, 0.4) is 0 Å². The van der Waals surface area contributed by atoms with Crippen molar-refractivity contribution in [2.45, 2.75) is 6.92 Å². The number of allylic oxidation sites excluding steroid dienone is 1. The van der Waals surface area contributed by atoms with Crippen LogP contribution in [0.1, 0.15) is 28.4 Å². The molecule has 0 radical (unpaired) electrons. The van der Waals surface area contributed by atoms with Gasteiger partial charge in [-0.1, -0.05) is 24.8 Å². The zero-order valence-corrected chi connectivity index (χ0v) is 11.5. The van der Waals surface area contributed by atoms with Gasteiger partial charge < -0.3 is 5.32 Å². The van der Waals surface area contributed by atoms with E-state index in [0.717, 1.165) is 0 Å². The topological polar surface area (TPSA) is 83.5 Å². The molecule has 0 atom stereocenters. The molecule has 0 aliphatic carbocycles. The fraction of sp³-hybridized carbons (Fsp3) is 0.154. The molecular formula is C13H15NO4S. The number of nitrogens with one attached hydrogen (secondary N) is 1. The van der Waals surface area contributed by atoms with E-state index < -0.39 is 10.1 Å². The Morgan fingerprint density at radius 3 is 2.47 bits per heavy atom. The van der Waals surface area contributed by atoms with Crippen LogP contribution in [0, 0.1) is 0 Å². The van der Waals surface area contributed by atoms with Crippen LogP contribution in [-0.2, 0) is 10.1 Å². The summed E-state index contributed by atoms with van der Waals surface area (Å²) in [6.45, 7) is 5.07. The summed E-state index contributed by atoms with van der Waals surface area (Å²) in [6.07, 6.45) is 2.73. The Bertz CT molecular complexity index is 645. The minimum absolute atomic E-state index is 0.237. The molecule has 0 bridgehead atoms. The van der Waals surface area contributed by atoms with Crippen molar-refractivity contribution < 1.29 is 17.8 Å². The van der Waals surface area contributed by atoms with Crippen LogP contribution in [-0.4, -0.2) is 25.9 Å². The van der Waals surface area contributed by atoms with Gasteiger partial charge >= 0.3 is 0 Å². The lowest BCUT2D eigenvalue weighted by Crippen LogP contribution is -2.18. The molecule has 6 heteroatoms. The quantitative estimate of drug-likeness (QED) is 0.826. The number of amides is 1. The van der Waals surface area contributed by atoms with Crippen molar-refractivity contribution in [1.29, 1.82) is 0 Å². The van der Waals surface area contributed by atoms with Gasteiger partial charge in [0.05, 0.1) is 4.91 Å². The molecule has 0 aromatic heterocycles. The van der Waals surface area contributed by atoms with Crippen LogP contribution >= 0.6 is 0 Å². The molecule has 0 unspecified atom stereocenters. The van der Waals surface area contributed by atoms with Gasteiger partial charge in [-0.3, -0.25) is 9.35 Å². The molecule has 0 heterocycles. The zero-order chi connectivity index (χ0) is 14.6. The maximum absolute atomic E-state index is 11.6. The van der Waals surface area contributed by atoms with Crippen molar-refractivity contribution in [3.8, 4) is 0 Å². The summed E-state index contributed by atoms with van der Waals surface area (Å²) in [5, 5.41) is 2.45. The highest BCUT2D eigenvalue weighted by atomic mass is 32.2. The van der Waals surface area contributed by atoms with E-state index in [2.05, 4.69) is 11.9 Å². The maximum Gasteiger partial charge on any atom is 0.294 e. The second-order valence-corrected chi connectivity index (χ2v) is 5.10. The average molecular weight is 281 g/mol. The predicted octanol–water partition coefficient (Wildman–Crippen LogP) is 1.94. The minimum atomic E-state index is -4.37. The standard InChI is InChI=1S/C13H15NO4S/c1-4-9-6-7-10(13(15)14-3)8-11(9)12(5-2)19(16,17)18/h4-8H,1H2,2-3H3,(H,14,15)(H,16,17,18)/b12-5+. The Labute approximate surface area is 112 Å². The smallest absolute Gasteiger partial charge is 0.294 e. The minimum Gasteiger partial charge on any atom is -0.355 e. The zero-order valence-electron chi connectivity index (χ0n) is 10.7. The molecular weight excluding hydrogens is 266 g/mol. The monoisotopic (exact) mass is 281 g/mol. The molecule has 1 amide bonds. The first-order chi connectivity index (χ1) is 8.85. The first kappa shape index (κ1) is 15.1. The third kappa shape index (κ3) is 3.30. The molecule has 2 N–H and O–H groups in total. The Kier molecular flexibility index (Phi) is 4.63. The Morgan fingerprint density at radius 2 is 2.05 bits per heavy atom. The normalized spacial score (nSPS) is 12.1. The molecule has 5 nitrogen and oxygen atoms in total. The van der Waals surface area contributed by atoms with Gasteiger partial charge in [-0.2, -0.15) is 8.42 Å². The molecule has 102 valence electrons. The Hall–Kier alpha value is -1.92. The summed E-state index contributed by atoms with van der Waals surface area (Å²) in [6, 6.07) is 4.52. The number of rotatable bonds is 4. The lowest BCUT2D eigenvalue weighted by Gasteiger charge is -2.10. The van der Waals surface area contributed by atoms with E-state index >= 15 is 0 Å². The third-order valence-corrected chi connectivity index (χ3v) is 3.58. The van der Waals surface area contributed by atoms with Crippen molar-refractivity contribution in [1.82, 2.24) is 5.32 Å². The van der Waals surface area contributed by atoms with E-state index in [1.54, 1.807) is 12.1 Å². The van der Waals surface area contributed by atoms with Gasteiger partial charge in [-0.15, -0.1) is 0 Å². The van der Waals surface area contributed by atoms with Gasteiger partial charge in [0, 0.05) is 18.2 Å². The Morgan fingerprint density at radius 1 is 1.42 bits per heavy atom. The summed E-state index contributed by atoms with van der Waals surface area (Å²) in [5.74, 6) is -0.345. The van der Waals surface area contributed by atoms with Crippen molar-refractivity contribution in [2.75, 3.05) is 7.05 Å². The van der Waals surface area contributed by atoms with E-state index in [9.17, 15) is 17.8 Å². The lowest BCUT2D eigenvalue weighted by molar-refractivity contribution is 0.0963. The van der Waals surface area contributed by atoms with Crippen LogP contribution in [0.5, 0.6) is 0 Å². The van der Waals surface area contributed by atoms with Gasteiger partial charge in [-0.25, -0.2) is 0 Å². The summed E-state index contributed by atoms with van der Waals surface area (Å²) in [7, 11) is -2.89. The van der Waals surface area contributed by atoms with Gasteiger partial charge in [0.1, 0.15) is 0 Å². The summed E-state index contributed by atoms with van der Waals surface area (Å²) >= 11 is 0. The van der Waals surface area contributed by atoms with E-state index in [1.165, 1.54) is 32.2 Å². The molecule has 0 fully saturated rings. The molecule has 1 aromatic rings. The van der Waals surface area contributed by atoms with Crippen molar-refractivity contribution in [3.63, 3.8) is 0 Å². The van der Waals surface area contributed by atoms with Crippen molar-refractivity contribution >= 4 is 27.0 Å². The second-order valence-electron chi connectivity index (χ2n) is 3.71. The van der Waals surface area contributed by atoms with Gasteiger partial charge in [0.25, 0.3) is 16.0 Å². The molecule has 0 aliphatic rings. The first-order valence-corrected chi connectivity index (χ1v) is 6.92.